The van der Waals surface area contributed by atoms with E-state index < -0.39 is 0 Å². The van der Waals surface area contributed by atoms with Gasteiger partial charge in [-0.25, -0.2) is 4.98 Å². The summed E-state index contributed by atoms with van der Waals surface area (Å²) in [7, 11) is 0. The second-order valence-electron chi connectivity index (χ2n) is 6.08. The van der Waals surface area contributed by atoms with Crippen LogP contribution in [0.15, 0.2) is 79.1 Å². The molecule has 0 aliphatic carbocycles. The van der Waals surface area contributed by atoms with Crippen LogP contribution >= 0.6 is 0 Å². The number of rotatable bonds is 4. The van der Waals surface area contributed by atoms with Crippen molar-refractivity contribution in [2.75, 3.05) is 10.6 Å². The summed E-state index contributed by atoms with van der Waals surface area (Å²) in [4.78, 5) is 21.1. The fourth-order valence-corrected chi connectivity index (χ4v) is 2.83. The summed E-state index contributed by atoms with van der Waals surface area (Å²) in [5.41, 5.74) is 3.73. The number of hydrogen-bond acceptors (Lipinski definition) is 5. The maximum Gasteiger partial charge on any atom is 0.274 e. The van der Waals surface area contributed by atoms with E-state index in [-0.39, 0.29) is 5.91 Å². The molecular weight excluding hydrogens is 350 g/mol. The standard InChI is InChI=1S/C22H15N5O/c23-13-15-4-1-7-17(12-15)26-18-9-10-20(25-14-18)22(28)27-19-8-2-5-16-6-3-11-24-21(16)19/h1-12,14,26H,(H,27,28). The molecule has 2 heterocycles. The van der Waals surface area contributed by atoms with Crippen molar-refractivity contribution in [2.45, 2.75) is 0 Å². The van der Waals surface area contributed by atoms with Crippen LogP contribution in [0.4, 0.5) is 17.1 Å². The maximum absolute atomic E-state index is 12.6. The van der Waals surface area contributed by atoms with Gasteiger partial charge in [0.1, 0.15) is 5.69 Å². The number of pyridine rings is 2. The topological polar surface area (TPSA) is 90.7 Å². The van der Waals surface area contributed by atoms with E-state index in [1.165, 1.54) is 0 Å². The van der Waals surface area contributed by atoms with Crippen molar-refractivity contribution < 1.29 is 4.79 Å². The molecule has 0 fully saturated rings. The fraction of sp³-hybridized carbons (Fsp3) is 0. The summed E-state index contributed by atoms with van der Waals surface area (Å²) in [6, 6.07) is 22.1. The first-order valence-corrected chi connectivity index (χ1v) is 8.61. The number of amides is 1. The monoisotopic (exact) mass is 365 g/mol. The number of aromatic nitrogens is 2. The molecular formula is C22H15N5O. The number of para-hydroxylation sites is 1. The molecule has 4 rings (SSSR count). The van der Waals surface area contributed by atoms with E-state index in [1.807, 2.05) is 36.4 Å². The van der Waals surface area contributed by atoms with Crippen molar-refractivity contribution in [3.8, 4) is 6.07 Å². The number of anilines is 3. The zero-order valence-corrected chi connectivity index (χ0v) is 14.8. The summed E-state index contributed by atoms with van der Waals surface area (Å²) in [5.74, 6) is -0.309. The molecule has 0 saturated carbocycles. The Labute approximate surface area is 161 Å². The van der Waals surface area contributed by atoms with Gasteiger partial charge in [-0.05, 0) is 42.5 Å². The van der Waals surface area contributed by atoms with Crippen LogP contribution in [0.1, 0.15) is 16.1 Å². The van der Waals surface area contributed by atoms with Gasteiger partial charge in [-0.1, -0.05) is 24.3 Å². The zero-order chi connectivity index (χ0) is 19.3. The third-order valence-corrected chi connectivity index (χ3v) is 4.16. The summed E-state index contributed by atoms with van der Waals surface area (Å²) in [6.45, 7) is 0. The molecule has 0 saturated heterocycles. The fourth-order valence-electron chi connectivity index (χ4n) is 2.83. The van der Waals surface area contributed by atoms with Crippen molar-refractivity contribution in [1.82, 2.24) is 9.97 Å². The van der Waals surface area contributed by atoms with E-state index in [1.54, 1.807) is 42.7 Å². The van der Waals surface area contributed by atoms with Crippen molar-refractivity contribution in [3.05, 3.63) is 90.4 Å². The van der Waals surface area contributed by atoms with Crippen LogP contribution < -0.4 is 10.6 Å². The van der Waals surface area contributed by atoms with E-state index in [4.69, 9.17) is 5.26 Å². The molecule has 2 aromatic heterocycles. The lowest BCUT2D eigenvalue weighted by Gasteiger charge is -2.09. The number of carbonyl (C=O) groups is 1. The maximum atomic E-state index is 12.6. The van der Waals surface area contributed by atoms with Gasteiger partial charge >= 0.3 is 0 Å². The second kappa shape index (κ2) is 7.56. The molecule has 28 heavy (non-hydrogen) atoms. The first kappa shape index (κ1) is 17.2. The van der Waals surface area contributed by atoms with Crippen molar-refractivity contribution in [1.29, 1.82) is 5.26 Å². The van der Waals surface area contributed by atoms with Crippen LogP contribution in [0, 0.1) is 11.3 Å². The van der Waals surface area contributed by atoms with Crippen LogP contribution in [0.25, 0.3) is 10.9 Å². The Morgan fingerprint density at radius 2 is 1.79 bits per heavy atom. The molecule has 6 heteroatoms. The average Bonchev–Trinajstić information content (AvgIpc) is 2.74. The molecule has 2 N–H and O–H groups in total. The van der Waals surface area contributed by atoms with Gasteiger partial charge in [-0.3, -0.25) is 9.78 Å². The van der Waals surface area contributed by atoms with Gasteiger partial charge in [0.05, 0.1) is 34.7 Å². The van der Waals surface area contributed by atoms with Gasteiger partial charge in [0.25, 0.3) is 5.91 Å². The van der Waals surface area contributed by atoms with Crippen molar-refractivity contribution in [2.24, 2.45) is 0 Å². The zero-order valence-electron chi connectivity index (χ0n) is 14.8. The Morgan fingerprint density at radius 3 is 2.61 bits per heavy atom. The number of nitrogens with zero attached hydrogens (tertiary/aromatic N) is 3. The van der Waals surface area contributed by atoms with Gasteiger partial charge in [-0.15, -0.1) is 0 Å². The lowest BCUT2D eigenvalue weighted by Crippen LogP contribution is -2.14. The molecule has 6 nitrogen and oxygen atoms in total. The van der Waals surface area contributed by atoms with Gasteiger partial charge in [-0.2, -0.15) is 5.26 Å². The highest BCUT2D eigenvalue weighted by Crippen LogP contribution is 2.22. The van der Waals surface area contributed by atoms with Crippen LogP contribution in [0.3, 0.4) is 0 Å². The Hall–Kier alpha value is -4.24. The van der Waals surface area contributed by atoms with E-state index in [2.05, 4.69) is 26.7 Å². The van der Waals surface area contributed by atoms with Gasteiger partial charge in [0, 0.05) is 17.3 Å². The minimum absolute atomic E-state index is 0.296. The predicted molar refractivity (Wildman–Crippen MR) is 108 cm³/mol. The van der Waals surface area contributed by atoms with Crippen LogP contribution in [0.5, 0.6) is 0 Å². The molecule has 0 bridgehead atoms. The number of nitrogens with one attached hydrogen (secondary N) is 2. The first-order chi connectivity index (χ1) is 13.7. The molecule has 1 amide bonds. The Bertz CT molecular complexity index is 1190. The van der Waals surface area contributed by atoms with Crippen LogP contribution in [0.2, 0.25) is 0 Å². The van der Waals surface area contributed by atoms with E-state index >= 15 is 0 Å². The molecule has 2 aromatic carbocycles. The largest absolute Gasteiger partial charge is 0.354 e. The number of carbonyl (C=O) groups excluding carboxylic acids is 1. The number of nitriles is 1. The lowest BCUT2D eigenvalue weighted by atomic mass is 10.2. The summed E-state index contributed by atoms with van der Waals surface area (Å²) in [6.07, 6.45) is 3.27. The van der Waals surface area contributed by atoms with E-state index in [0.29, 0.717) is 16.9 Å². The third-order valence-electron chi connectivity index (χ3n) is 4.16. The number of fused-ring (bicyclic) bond motifs is 1. The van der Waals surface area contributed by atoms with Crippen molar-refractivity contribution >= 4 is 33.9 Å². The third kappa shape index (κ3) is 3.64. The SMILES string of the molecule is N#Cc1cccc(Nc2ccc(C(=O)Nc3cccc4cccnc34)nc2)c1. The van der Waals surface area contributed by atoms with E-state index in [9.17, 15) is 4.79 Å². The summed E-state index contributed by atoms with van der Waals surface area (Å²) in [5, 5.41) is 16.0. The highest BCUT2D eigenvalue weighted by atomic mass is 16.1. The minimum Gasteiger partial charge on any atom is -0.354 e. The Kier molecular flexibility index (Phi) is 4.64. The lowest BCUT2D eigenvalue weighted by molar-refractivity contribution is 0.102. The highest BCUT2D eigenvalue weighted by molar-refractivity contribution is 6.07. The predicted octanol–water partition coefficient (Wildman–Crippen LogP) is 4.50. The molecule has 0 radical (unpaired) electrons. The highest BCUT2D eigenvalue weighted by Gasteiger charge is 2.10. The second-order valence-corrected chi connectivity index (χ2v) is 6.08. The number of benzene rings is 2. The summed E-state index contributed by atoms with van der Waals surface area (Å²) < 4.78 is 0. The smallest absolute Gasteiger partial charge is 0.274 e. The van der Waals surface area contributed by atoms with E-state index in [0.717, 1.165) is 22.3 Å². The Morgan fingerprint density at radius 1 is 0.929 bits per heavy atom. The Balaban J connectivity index is 1.50. The van der Waals surface area contributed by atoms with Gasteiger partial charge < -0.3 is 10.6 Å². The molecule has 0 atom stereocenters. The molecule has 0 spiro atoms. The van der Waals surface area contributed by atoms with Crippen LogP contribution in [-0.2, 0) is 0 Å². The van der Waals surface area contributed by atoms with Crippen molar-refractivity contribution in [3.63, 3.8) is 0 Å². The molecule has 0 aliphatic heterocycles. The molecule has 134 valence electrons. The summed E-state index contributed by atoms with van der Waals surface area (Å²) >= 11 is 0. The van der Waals surface area contributed by atoms with Crippen LogP contribution in [-0.4, -0.2) is 15.9 Å². The minimum atomic E-state index is -0.309. The van der Waals surface area contributed by atoms with Gasteiger partial charge in [0.15, 0.2) is 0 Å². The molecule has 0 unspecified atom stereocenters. The number of hydrogen-bond donors (Lipinski definition) is 2. The average molecular weight is 365 g/mol. The quantitative estimate of drug-likeness (QED) is 0.556. The molecule has 4 aromatic rings. The first-order valence-electron chi connectivity index (χ1n) is 8.61. The molecule has 0 aliphatic rings. The van der Waals surface area contributed by atoms with Gasteiger partial charge in [0.2, 0.25) is 0 Å². The normalized spacial score (nSPS) is 10.2.